The maximum atomic E-state index is 12.3. The normalized spacial score (nSPS) is 11.6. The van der Waals surface area contributed by atoms with Crippen molar-refractivity contribution in [3.05, 3.63) is 65.2 Å². The van der Waals surface area contributed by atoms with Crippen molar-refractivity contribution < 1.29 is 9.53 Å². The number of benzene rings is 2. The monoisotopic (exact) mass is 352 g/mol. The van der Waals surface area contributed by atoms with Gasteiger partial charge in [0.1, 0.15) is 17.4 Å². The van der Waals surface area contributed by atoms with Crippen LogP contribution in [0.2, 0.25) is 0 Å². The van der Waals surface area contributed by atoms with Crippen molar-refractivity contribution >= 4 is 17.6 Å². The van der Waals surface area contributed by atoms with Crippen LogP contribution in [-0.2, 0) is 4.79 Å². The number of rotatable bonds is 8. The molecule has 0 amide bonds. The molecule has 2 aromatic rings. The topological polar surface area (TPSA) is 126 Å². The molecular weight excluding hydrogens is 328 g/mol. The molecule has 2 aromatic carbocycles. The van der Waals surface area contributed by atoms with Gasteiger partial charge in [-0.15, -0.1) is 0 Å². The standard InChI is InChI=1S/C20H24N4O2/c1-2-6-13(12-18(25)26-15-7-4-3-5-8-15)14-9-10-16(19(21)22)17(11-14)20(23)24/h3-5,7-11,13H,2,6,12H2,1H3,(H3,21,22)(H3,23,24). The molecule has 136 valence electrons. The Morgan fingerprint density at radius 1 is 1.04 bits per heavy atom. The van der Waals surface area contributed by atoms with E-state index in [4.69, 9.17) is 27.0 Å². The number of carbonyl (C=O) groups is 1. The highest BCUT2D eigenvalue weighted by Crippen LogP contribution is 2.28. The van der Waals surface area contributed by atoms with Gasteiger partial charge in [-0.2, -0.15) is 0 Å². The predicted octanol–water partition coefficient (Wildman–Crippen LogP) is 3.13. The van der Waals surface area contributed by atoms with Crippen molar-refractivity contribution in [3.63, 3.8) is 0 Å². The molecule has 0 aliphatic carbocycles. The first-order valence-electron chi connectivity index (χ1n) is 8.50. The van der Waals surface area contributed by atoms with E-state index in [0.717, 1.165) is 18.4 Å². The number of nitrogens with two attached hydrogens (primary N) is 2. The number of esters is 1. The molecule has 0 heterocycles. The Bertz CT molecular complexity index is 803. The second-order valence-corrected chi connectivity index (χ2v) is 6.11. The number of para-hydroxylation sites is 1. The minimum atomic E-state index is -0.310. The van der Waals surface area contributed by atoms with Crippen LogP contribution in [0.3, 0.4) is 0 Å². The molecule has 0 bridgehead atoms. The highest BCUT2D eigenvalue weighted by Gasteiger charge is 2.19. The van der Waals surface area contributed by atoms with E-state index in [1.807, 2.05) is 31.2 Å². The van der Waals surface area contributed by atoms with Crippen molar-refractivity contribution in [2.45, 2.75) is 32.1 Å². The summed E-state index contributed by atoms with van der Waals surface area (Å²) in [5, 5.41) is 15.4. The molecule has 0 aliphatic rings. The molecule has 0 saturated heterocycles. The highest BCUT2D eigenvalue weighted by atomic mass is 16.5. The van der Waals surface area contributed by atoms with E-state index in [0.29, 0.717) is 16.9 Å². The van der Waals surface area contributed by atoms with Gasteiger partial charge in [-0.05, 0) is 36.1 Å². The van der Waals surface area contributed by atoms with Gasteiger partial charge in [0.2, 0.25) is 0 Å². The molecule has 0 aromatic heterocycles. The highest BCUT2D eigenvalue weighted by molar-refractivity contribution is 6.08. The van der Waals surface area contributed by atoms with E-state index in [9.17, 15) is 4.79 Å². The number of amidine groups is 2. The SMILES string of the molecule is CCCC(CC(=O)Oc1ccccc1)c1ccc(C(=N)N)c(C(=N)N)c1. The van der Waals surface area contributed by atoms with Crippen LogP contribution < -0.4 is 16.2 Å². The summed E-state index contributed by atoms with van der Waals surface area (Å²) < 4.78 is 5.39. The lowest BCUT2D eigenvalue weighted by Crippen LogP contribution is -2.21. The quantitative estimate of drug-likeness (QED) is 0.252. The van der Waals surface area contributed by atoms with Crippen LogP contribution in [0, 0.1) is 10.8 Å². The Balaban J connectivity index is 2.23. The Morgan fingerprint density at radius 3 is 2.27 bits per heavy atom. The number of hydrogen-bond donors (Lipinski definition) is 4. The molecular formula is C20H24N4O2. The minimum absolute atomic E-state index is 0.0599. The fourth-order valence-electron chi connectivity index (χ4n) is 2.87. The summed E-state index contributed by atoms with van der Waals surface area (Å²) in [5.41, 5.74) is 12.9. The maximum Gasteiger partial charge on any atom is 0.311 e. The Morgan fingerprint density at radius 2 is 1.69 bits per heavy atom. The summed E-state index contributed by atoms with van der Waals surface area (Å²) in [4.78, 5) is 12.3. The summed E-state index contributed by atoms with van der Waals surface area (Å²) in [7, 11) is 0. The number of nitrogens with one attached hydrogen (secondary N) is 2. The maximum absolute atomic E-state index is 12.3. The second kappa shape index (κ2) is 8.80. The largest absolute Gasteiger partial charge is 0.427 e. The third kappa shape index (κ3) is 4.92. The van der Waals surface area contributed by atoms with E-state index in [1.165, 1.54) is 0 Å². The molecule has 1 unspecified atom stereocenters. The molecule has 6 heteroatoms. The van der Waals surface area contributed by atoms with Crippen LogP contribution in [0.5, 0.6) is 5.75 Å². The number of ether oxygens (including phenoxy) is 1. The van der Waals surface area contributed by atoms with Crippen LogP contribution in [0.4, 0.5) is 0 Å². The van der Waals surface area contributed by atoms with E-state index in [1.54, 1.807) is 24.3 Å². The molecule has 26 heavy (non-hydrogen) atoms. The Hall–Kier alpha value is -3.15. The van der Waals surface area contributed by atoms with E-state index >= 15 is 0 Å². The zero-order valence-electron chi connectivity index (χ0n) is 14.8. The van der Waals surface area contributed by atoms with Gasteiger partial charge in [-0.25, -0.2) is 0 Å². The van der Waals surface area contributed by atoms with Gasteiger partial charge in [-0.1, -0.05) is 43.7 Å². The summed E-state index contributed by atoms with van der Waals surface area (Å²) in [6.07, 6.45) is 1.91. The molecule has 2 rings (SSSR count). The first-order chi connectivity index (χ1) is 12.4. The summed E-state index contributed by atoms with van der Waals surface area (Å²) in [6, 6.07) is 14.2. The molecule has 0 fully saturated rings. The van der Waals surface area contributed by atoms with Gasteiger partial charge in [0.05, 0.1) is 6.42 Å². The smallest absolute Gasteiger partial charge is 0.311 e. The molecule has 0 spiro atoms. The molecule has 6 N–H and O–H groups in total. The molecule has 1 atom stereocenters. The zero-order valence-corrected chi connectivity index (χ0v) is 14.8. The van der Waals surface area contributed by atoms with E-state index in [-0.39, 0.29) is 30.0 Å². The van der Waals surface area contributed by atoms with Crippen molar-refractivity contribution in [2.24, 2.45) is 11.5 Å². The fourth-order valence-corrected chi connectivity index (χ4v) is 2.87. The summed E-state index contributed by atoms with van der Waals surface area (Å²) >= 11 is 0. The van der Waals surface area contributed by atoms with Gasteiger partial charge in [0.25, 0.3) is 0 Å². The zero-order chi connectivity index (χ0) is 19.1. The van der Waals surface area contributed by atoms with Gasteiger partial charge >= 0.3 is 5.97 Å². The van der Waals surface area contributed by atoms with Crippen molar-refractivity contribution in [2.75, 3.05) is 0 Å². The molecule has 0 saturated carbocycles. The fraction of sp³-hybridized carbons (Fsp3) is 0.250. The van der Waals surface area contributed by atoms with Gasteiger partial charge < -0.3 is 16.2 Å². The average molecular weight is 352 g/mol. The van der Waals surface area contributed by atoms with Crippen LogP contribution in [0.1, 0.15) is 48.8 Å². The van der Waals surface area contributed by atoms with Gasteiger partial charge in [0, 0.05) is 11.1 Å². The third-order valence-electron chi connectivity index (χ3n) is 4.12. The van der Waals surface area contributed by atoms with Crippen LogP contribution in [-0.4, -0.2) is 17.6 Å². The van der Waals surface area contributed by atoms with Crippen LogP contribution >= 0.6 is 0 Å². The predicted molar refractivity (Wildman–Crippen MR) is 103 cm³/mol. The molecule has 0 aliphatic heterocycles. The Kier molecular flexibility index (Phi) is 6.49. The van der Waals surface area contributed by atoms with Crippen molar-refractivity contribution in [3.8, 4) is 5.75 Å². The van der Waals surface area contributed by atoms with E-state index in [2.05, 4.69) is 0 Å². The summed E-state index contributed by atoms with van der Waals surface area (Å²) in [6.45, 7) is 2.05. The van der Waals surface area contributed by atoms with Crippen LogP contribution in [0.15, 0.2) is 48.5 Å². The molecule has 0 radical (unpaired) electrons. The minimum Gasteiger partial charge on any atom is -0.427 e. The first-order valence-corrected chi connectivity index (χ1v) is 8.50. The lowest BCUT2D eigenvalue weighted by molar-refractivity contribution is -0.134. The lowest BCUT2D eigenvalue weighted by atomic mass is 9.88. The average Bonchev–Trinajstić information content (AvgIpc) is 2.61. The second-order valence-electron chi connectivity index (χ2n) is 6.11. The van der Waals surface area contributed by atoms with Crippen molar-refractivity contribution in [1.29, 1.82) is 10.8 Å². The van der Waals surface area contributed by atoms with Gasteiger partial charge in [0.15, 0.2) is 0 Å². The summed E-state index contributed by atoms with van der Waals surface area (Å²) in [5.74, 6) is -0.148. The Labute approximate surface area is 153 Å². The van der Waals surface area contributed by atoms with E-state index < -0.39 is 0 Å². The molecule has 6 nitrogen and oxygen atoms in total. The third-order valence-corrected chi connectivity index (χ3v) is 4.12. The number of hydrogen-bond acceptors (Lipinski definition) is 4. The van der Waals surface area contributed by atoms with Crippen molar-refractivity contribution in [1.82, 2.24) is 0 Å². The van der Waals surface area contributed by atoms with Crippen LogP contribution in [0.25, 0.3) is 0 Å². The first kappa shape index (κ1) is 19.2. The van der Waals surface area contributed by atoms with Gasteiger partial charge in [-0.3, -0.25) is 15.6 Å². The number of carbonyl (C=O) groups excluding carboxylic acids is 1. The lowest BCUT2D eigenvalue weighted by Gasteiger charge is -2.18. The number of nitrogen functional groups attached to an aromatic ring is 2.